The van der Waals surface area contributed by atoms with E-state index >= 15 is 0 Å². The second-order valence-corrected chi connectivity index (χ2v) is 6.88. The molecule has 1 fully saturated rings. The van der Waals surface area contributed by atoms with Crippen molar-refractivity contribution in [2.45, 2.75) is 0 Å². The topological polar surface area (TPSA) is 75.7 Å². The third kappa shape index (κ3) is 5.24. The summed E-state index contributed by atoms with van der Waals surface area (Å²) in [5, 5.41) is 2.19. The maximum Gasteiger partial charge on any atom is 0.294 e. The van der Waals surface area contributed by atoms with Gasteiger partial charge in [0.1, 0.15) is 11.6 Å². The molecule has 1 aliphatic rings. The van der Waals surface area contributed by atoms with E-state index in [1.165, 1.54) is 24.3 Å². The molecular formula is C21H15FN2O4S. The number of imide groups is 1. The molecule has 0 atom stereocenters. The molecule has 29 heavy (non-hydrogen) atoms. The number of terminal acetylenes is 1. The highest BCUT2D eigenvalue weighted by atomic mass is 32.2. The first-order valence-electron chi connectivity index (χ1n) is 8.43. The minimum atomic E-state index is -0.421. The van der Waals surface area contributed by atoms with E-state index in [2.05, 4.69) is 11.2 Å². The zero-order valence-electron chi connectivity index (χ0n) is 15.1. The minimum absolute atomic E-state index is 0.0607. The van der Waals surface area contributed by atoms with Crippen LogP contribution in [-0.2, 0) is 9.59 Å². The first kappa shape index (κ1) is 20.2. The van der Waals surface area contributed by atoms with Gasteiger partial charge in [-0.25, -0.2) is 4.39 Å². The van der Waals surface area contributed by atoms with Crippen LogP contribution in [0.4, 0.5) is 14.9 Å². The van der Waals surface area contributed by atoms with Crippen LogP contribution in [0.3, 0.4) is 0 Å². The molecule has 3 rings (SSSR count). The lowest BCUT2D eigenvalue weighted by molar-refractivity contribution is -0.122. The van der Waals surface area contributed by atoms with Crippen LogP contribution < -0.4 is 10.1 Å². The SMILES string of the molecule is C#CCN1C(=O)SC(=Cc2ccc(OCC(=O)Nc3ccc(F)cc3)cc2)C1=O. The van der Waals surface area contributed by atoms with Gasteiger partial charge in [-0.15, -0.1) is 6.42 Å². The molecule has 0 aromatic heterocycles. The van der Waals surface area contributed by atoms with Crippen molar-refractivity contribution in [1.82, 2.24) is 4.90 Å². The van der Waals surface area contributed by atoms with Gasteiger partial charge < -0.3 is 10.1 Å². The zero-order valence-corrected chi connectivity index (χ0v) is 15.9. The van der Waals surface area contributed by atoms with E-state index in [0.717, 1.165) is 16.7 Å². The number of halogens is 1. The van der Waals surface area contributed by atoms with Crippen LogP contribution in [0.25, 0.3) is 6.08 Å². The first-order chi connectivity index (χ1) is 14.0. The summed E-state index contributed by atoms with van der Waals surface area (Å²) in [6.45, 7) is -0.281. The number of amides is 3. The minimum Gasteiger partial charge on any atom is -0.484 e. The fourth-order valence-electron chi connectivity index (χ4n) is 2.42. The molecule has 6 nitrogen and oxygen atoms in total. The highest BCUT2D eigenvalue weighted by molar-refractivity contribution is 8.18. The van der Waals surface area contributed by atoms with Crippen LogP contribution in [0.15, 0.2) is 53.4 Å². The van der Waals surface area contributed by atoms with Gasteiger partial charge >= 0.3 is 0 Å². The number of hydrogen-bond donors (Lipinski definition) is 1. The summed E-state index contributed by atoms with van der Waals surface area (Å²) in [6, 6.07) is 12.1. The summed E-state index contributed by atoms with van der Waals surface area (Å²) in [4.78, 5) is 37.1. The summed E-state index contributed by atoms with van der Waals surface area (Å²) in [6.07, 6.45) is 6.75. The van der Waals surface area contributed by atoms with Gasteiger partial charge in [0, 0.05) is 5.69 Å². The monoisotopic (exact) mass is 410 g/mol. The van der Waals surface area contributed by atoms with Gasteiger partial charge in [-0.2, -0.15) is 0 Å². The standard InChI is InChI=1S/C21H15FN2O4S/c1-2-11-24-20(26)18(29-21(24)27)12-14-3-9-17(10-4-14)28-13-19(25)23-16-7-5-15(22)6-8-16/h1,3-10,12H,11,13H2,(H,23,25). The van der Waals surface area contributed by atoms with Crippen molar-refractivity contribution in [3.8, 4) is 18.1 Å². The normalized spacial score (nSPS) is 14.8. The van der Waals surface area contributed by atoms with Gasteiger partial charge in [-0.3, -0.25) is 19.3 Å². The largest absolute Gasteiger partial charge is 0.484 e. The van der Waals surface area contributed by atoms with Gasteiger partial charge in [0.2, 0.25) is 0 Å². The average Bonchev–Trinajstić information content (AvgIpc) is 2.97. The van der Waals surface area contributed by atoms with Gasteiger partial charge in [-0.05, 0) is 59.8 Å². The maximum atomic E-state index is 12.9. The van der Waals surface area contributed by atoms with E-state index in [1.54, 1.807) is 30.3 Å². The highest BCUT2D eigenvalue weighted by Crippen LogP contribution is 2.32. The van der Waals surface area contributed by atoms with Gasteiger partial charge in [-0.1, -0.05) is 18.1 Å². The number of benzene rings is 2. The molecule has 0 bridgehead atoms. The lowest BCUT2D eigenvalue weighted by Crippen LogP contribution is -2.28. The smallest absolute Gasteiger partial charge is 0.294 e. The highest BCUT2D eigenvalue weighted by Gasteiger charge is 2.34. The van der Waals surface area contributed by atoms with E-state index in [-0.39, 0.29) is 29.8 Å². The maximum absolute atomic E-state index is 12.9. The fourth-order valence-corrected chi connectivity index (χ4v) is 3.26. The predicted molar refractivity (Wildman–Crippen MR) is 108 cm³/mol. The van der Waals surface area contributed by atoms with Crippen LogP contribution in [0.2, 0.25) is 0 Å². The molecule has 2 aromatic rings. The number of anilines is 1. The lowest BCUT2D eigenvalue weighted by atomic mass is 10.2. The van der Waals surface area contributed by atoms with E-state index in [1.807, 2.05) is 0 Å². The average molecular weight is 410 g/mol. The van der Waals surface area contributed by atoms with Crippen molar-refractivity contribution in [1.29, 1.82) is 0 Å². The molecule has 146 valence electrons. The fraction of sp³-hybridized carbons (Fsp3) is 0.0952. The van der Waals surface area contributed by atoms with Crippen LogP contribution in [0, 0.1) is 18.2 Å². The van der Waals surface area contributed by atoms with Crippen LogP contribution >= 0.6 is 11.8 Å². The molecule has 1 heterocycles. The number of carbonyl (C=O) groups excluding carboxylic acids is 3. The van der Waals surface area contributed by atoms with E-state index in [4.69, 9.17) is 11.2 Å². The number of nitrogens with zero attached hydrogens (tertiary/aromatic N) is 1. The Morgan fingerprint density at radius 2 is 1.86 bits per heavy atom. The Morgan fingerprint density at radius 1 is 1.17 bits per heavy atom. The summed E-state index contributed by atoms with van der Waals surface area (Å²) >= 11 is 0.832. The summed E-state index contributed by atoms with van der Waals surface area (Å²) in [5.41, 5.74) is 1.16. The molecule has 1 saturated heterocycles. The number of rotatable bonds is 6. The van der Waals surface area contributed by atoms with E-state index in [0.29, 0.717) is 17.0 Å². The molecule has 0 radical (unpaired) electrons. The van der Waals surface area contributed by atoms with Crippen LogP contribution in [0.1, 0.15) is 5.56 Å². The molecule has 8 heteroatoms. The van der Waals surface area contributed by atoms with Crippen molar-refractivity contribution in [2.24, 2.45) is 0 Å². The number of ether oxygens (including phenoxy) is 1. The molecule has 0 saturated carbocycles. The van der Waals surface area contributed by atoms with Crippen molar-refractivity contribution in [3.05, 3.63) is 64.8 Å². The van der Waals surface area contributed by atoms with Gasteiger partial charge in [0.15, 0.2) is 6.61 Å². The molecule has 0 aliphatic carbocycles. The number of hydrogen-bond acceptors (Lipinski definition) is 5. The second-order valence-electron chi connectivity index (χ2n) is 5.88. The number of thioether (sulfide) groups is 1. The zero-order chi connectivity index (χ0) is 20.8. The van der Waals surface area contributed by atoms with Crippen molar-refractivity contribution < 1.29 is 23.5 Å². The van der Waals surface area contributed by atoms with Crippen molar-refractivity contribution in [3.63, 3.8) is 0 Å². The predicted octanol–water partition coefficient (Wildman–Crippen LogP) is 3.51. The Hall–Kier alpha value is -3.57. The Morgan fingerprint density at radius 3 is 2.52 bits per heavy atom. The molecule has 0 spiro atoms. The number of nitrogens with one attached hydrogen (secondary N) is 1. The Balaban J connectivity index is 1.56. The molecule has 1 N–H and O–H groups in total. The van der Waals surface area contributed by atoms with Crippen LogP contribution in [0.5, 0.6) is 5.75 Å². The second kappa shape index (κ2) is 9.08. The third-order valence-corrected chi connectivity index (χ3v) is 4.71. The Labute approximate surface area is 170 Å². The number of carbonyl (C=O) groups is 3. The molecular weight excluding hydrogens is 395 g/mol. The van der Waals surface area contributed by atoms with E-state index in [9.17, 15) is 18.8 Å². The molecule has 1 aliphatic heterocycles. The molecule has 0 unspecified atom stereocenters. The lowest BCUT2D eigenvalue weighted by Gasteiger charge is -2.08. The van der Waals surface area contributed by atoms with Crippen LogP contribution in [-0.4, -0.2) is 35.1 Å². The van der Waals surface area contributed by atoms with Crippen molar-refractivity contribution in [2.75, 3.05) is 18.5 Å². The summed E-state index contributed by atoms with van der Waals surface area (Å²) in [7, 11) is 0. The van der Waals surface area contributed by atoms with Gasteiger partial charge in [0.05, 0.1) is 11.4 Å². The van der Waals surface area contributed by atoms with Gasteiger partial charge in [0.25, 0.3) is 17.1 Å². The quantitative estimate of drug-likeness (QED) is 0.583. The summed E-state index contributed by atoms with van der Waals surface area (Å²) < 4.78 is 18.3. The van der Waals surface area contributed by atoms with E-state index < -0.39 is 11.1 Å². The molecule has 3 amide bonds. The van der Waals surface area contributed by atoms with Crippen molar-refractivity contribution >= 4 is 40.6 Å². The summed E-state index contributed by atoms with van der Waals surface area (Å²) in [5.74, 6) is 1.54. The Kier molecular flexibility index (Phi) is 6.32. The Bertz CT molecular complexity index is 1010. The first-order valence-corrected chi connectivity index (χ1v) is 9.25. The third-order valence-electron chi connectivity index (χ3n) is 3.80. The molecule has 2 aromatic carbocycles.